The Bertz CT molecular complexity index is 1090. The Hall–Kier alpha value is -2.41. The van der Waals surface area contributed by atoms with Gasteiger partial charge in [0.1, 0.15) is 21.8 Å². The van der Waals surface area contributed by atoms with Crippen molar-refractivity contribution >= 4 is 46.1 Å². The van der Waals surface area contributed by atoms with E-state index in [4.69, 9.17) is 17.0 Å². The van der Waals surface area contributed by atoms with Crippen molar-refractivity contribution < 1.29 is 9.53 Å². The fourth-order valence-electron chi connectivity index (χ4n) is 4.28. The Kier molecular flexibility index (Phi) is 8.16. The van der Waals surface area contributed by atoms with Gasteiger partial charge in [-0.05, 0) is 38.8 Å². The number of hydrogen-bond donors (Lipinski definition) is 0. The molecule has 2 aliphatic rings. The van der Waals surface area contributed by atoms with Crippen LogP contribution in [0.2, 0.25) is 0 Å². The standard InChI is InChI=1S/C24H30N4O3S2/c1-6-8-10-27-21(26-13-15(3)31-16(4)14-26)18(17(5)19(12-25)22(27)29)11-20-23(30)28(9-7-2)24(32)33-20/h7,11,15-16H,2,6,8-10,13-14H2,1,3-5H3/b20-11+. The molecule has 3 rings (SSSR count). The zero-order valence-electron chi connectivity index (χ0n) is 19.6. The smallest absolute Gasteiger partial charge is 0.270 e. The summed E-state index contributed by atoms with van der Waals surface area (Å²) >= 11 is 6.63. The number of rotatable bonds is 7. The van der Waals surface area contributed by atoms with Crippen LogP contribution in [0, 0.1) is 18.3 Å². The van der Waals surface area contributed by atoms with Crippen molar-refractivity contribution in [1.82, 2.24) is 9.47 Å². The molecule has 1 aromatic rings. The van der Waals surface area contributed by atoms with Gasteiger partial charge in [0.15, 0.2) is 0 Å². The third-order valence-corrected chi connectivity index (χ3v) is 7.14. The molecule has 2 fully saturated rings. The van der Waals surface area contributed by atoms with Crippen molar-refractivity contribution in [1.29, 1.82) is 5.26 Å². The van der Waals surface area contributed by atoms with Crippen LogP contribution >= 0.6 is 24.0 Å². The first-order valence-corrected chi connectivity index (χ1v) is 12.4. The van der Waals surface area contributed by atoms with Gasteiger partial charge in [0.25, 0.3) is 11.5 Å². The number of carbonyl (C=O) groups excluding carboxylic acids is 1. The lowest BCUT2D eigenvalue weighted by atomic mass is 10.0. The predicted molar refractivity (Wildman–Crippen MR) is 137 cm³/mol. The summed E-state index contributed by atoms with van der Waals surface area (Å²) in [7, 11) is 0. The van der Waals surface area contributed by atoms with Crippen LogP contribution in [0.15, 0.2) is 22.4 Å². The summed E-state index contributed by atoms with van der Waals surface area (Å²) < 4.78 is 8.10. The van der Waals surface area contributed by atoms with E-state index in [0.717, 1.165) is 18.7 Å². The Morgan fingerprint density at radius 3 is 2.55 bits per heavy atom. The lowest BCUT2D eigenvalue weighted by Gasteiger charge is -2.39. The number of unbranched alkanes of at least 4 members (excludes halogenated alkanes) is 1. The highest BCUT2D eigenvalue weighted by molar-refractivity contribution is 8.26. The number of hydrogen-bond acceptors (Lipinski definition) is 7. The highest BCUT2D eigenvalue weighted by Crippen LogP contribution is 2.36. The van der Waals surface area contributed by atoms with Crippen LogP contribution in [0.25, 0.3) is 6.08 Å². The second-order valence-electron chi connectivity index (χ2n) is 8.40. The number of aromatic nitrogens is 1. The van der Waals surface area contributed by atoms with Crippen molar-refractivity contribution in [2.75, 3.05) is 24.5 Å². The Balaban J connectivity index is 2.26. The van der Waals surface area contributed by atoms with E-state index in [1.165, 1.54) is 16.7 Å². The molecule has 176 valence electrons. The van der Waals surface area contributed by atoms with Crippen LogP contribution in [0.3, 0.4) is 0 Å². The number of morpholine rings is 1. The van der Waals surface area contributed by atoms with Crippen LogP contribution in [-0.4, -0.2) is 51.5 Å². The summed E-state index contributed by atoms with van der Waals surface area (Å²) in [6, 6.07) is 2.10. The first-order chi connectivity index (χ1) is 15.7. The van der Waals surface area contributed by atoms with Crippen molar-refractivity contribution in [3.05, 3.63) is 44.6 Å². The number of thioether (sulfide) groups is 1. The normalized spacial score (nSPS) is 22.2. The van der Waals surface area contributed by atoms with E-state index in [-0.39, 0.29) is 29.2 Å². The maximum atomic E-state index is 13.3. The molecule has 0 aromatic carbocycles. The number of pyridine rings is 1. The number of anilines is 1. The molecule has 0 aliphatic carbocycles. The van der Waals surface area contributed by atoms with E-state index in [2.05, 4.69) is 24.5 Å². The van der Waals surface area contributed by atoms with Crippen LogP contribution < -0.4 is 10.5 Å². The molecule has 2 aliphatic heterocycles. The fourth-order valence-corrected chi connectivity index (χ4v) is 5.53. The summed E-state index contributed by atoms with van der Waals surface area (Å²) in [5, 5.41) is 9.80. The van der Waals surface area contributed by atoms with E-state index >= 15 is 0 Å². The largest absolute Gasteiger partial charge is 0.372 e. The molecule has 0 saturated carbocycles. The van der Waals surface area contributed by atoms with Gasteiger partial charge in [0, 0.05) is 31.7 Å². The van der Waals surface area contributed by atoms with E-state index in [9.17, 15) is 14.9 Å². The molecule has 0 bridgehead atoms. The third-order valence-electron chi connectivity index (χ3n) is 5.76. The molecule has 2 saturated heterocycles. The summed E-state index contributed by atoms with van der Waals surface area (Å²) in [6.07, 6.45) is 5.11. The van der Waals surface area contributed by atoms with Gasteiger partial charge in [-0.15, -0.1) is 6.58 Å². The van der Waals surface area contributed by atoms with E-state index < -0.39 is 0 Å². The van der Waals surface area contributed by atoms with Crippen molar-refractivity contribution in [2.45, 2.75) is 59.3 Å². The van der Waals surface area contributed by atoms with Crippen molar-refractivity contribution in [3.63, 3.8) is 0 Å². The molecule has 9 heteroatoms. The summed E-state index contributed by atoms with van der Waals surface area (Å²) in [4.78, 5) is 30.5. The molecule has 0 radical (unpaired) electrons. The number of nitrogens with zero attached hydrogens (tertiary/aromatic N) is 4. The molecule has 2 unspecified atom stereocenters. The Morgan fingerprint density at radius 2 is 1.97 bits per heavy atom. The monoisotopic (exact) mass is 486 g/mol. The maximum Gasteiger partial charge on any atom is 0.270 e. The minimum absolute atomic E-state index is 0.0157. The molecule has 7 nitrogen and oxygen atoms in total. The van der Waals surface area contributed by atoms with Gasteiger partial charge in [0.2, 0.25) is 0 Å². The zero-order valence-corrected chi connectivity index (χ0v) is 21.2. The summed E-state index contributed by atoms with van der Waals surface area (Å²) in [6.45, 7) is 13.6. The Labute approximate surface area is 204 Å². The van der Waals surface area contributed by atoms with Gasteiger partial charge in [-0.1, -0.05) is 43.4 Å². The molecule has 33 heavy (non-hydrogen) atoms. The first kappa shape index (κ1) is 25.2. The summed E-state index contributed by atoms with van der Waals surface area (Å²) in [5.41, 5.74) is 1.10. The van der Waals surface area contributed by atoms with Gasteiger partial charge in [-0.25, -0.2) is 0 Å². The van der Waals surface area contributed by atoms with Gasteiger partial charge < -0.3 is 9.64 Å². The van der Waals surface area contributed by atoms with Crippen LogP contribution in [0.1, 0.15) is 50.3 Å². The van der Waals surface area contributed by atoms with Crippen LogP contribution in [0.4, 0.5) is 5.82 Å². The van der Waals surface area contributed by atoms with Crippen LogP contribution in [0.5, 0.6) is 0 Å². The van der Waals surface area contributed by atoms with Crippen LogP contribution in [-0.2, 0) is 16.1 Å². The molecule has 3 heterocycles. The Morgan fingerprint density at radius 1 is 1.30 bits per heavy atom. The number of carbonyl (C=O) groups is 1. The zero-order chi connectivity index (χ0) is 24.3. The topological polar surface area (TPSA) is 78.6 Å². The van der Waals surface area contributed by atoms with Gasteiger partial charge >= 0.3 is 0 Å². The van der Waals surface area contributed by atoms with E-state index in [1.54, 1.807) is 23.6 Å². The molecule has 2 atom stereocenters. The second-order valence-corrected chi connectivity index (χ2v) is 10.1. The lowest BCUT2D eigenvalue weighted by Crippen LogP contribution is -2.48. The van der Waals surface area contributed by atoms with Crippen molar-refractivity contribution in [2.24, 2.45) is 0 Å². The minimum Gasteiger partial charge on any atom is -0.372 e. The number of ether oxygens (including phenoxy) is 1. The molecule has 0 spiro atoms. The second kappa shape index (κ2) is 10.7. The highest BCUT2D eigenvalue weighted by atomic mass is 32.2. The maximum absolute atomic E-state index is 13.3. The number of amides is 1. The minimum atomic E-state index is -0.290. The molecular weight excluding hydrogens is 456 g/mol. The fraction of sp³-hybridized carbons (Fsp3) is 0.500. The molecule has 1 amide bonds. The summed E-state index contributed by atoms with van der Waals surface area (Å²) in [5.74, 6) is 0.546. The van der Waals surface area contributed by atoms with E-state index in [1.807, 2.05) is 13.8 Å². The third kappa shape index (κ3) is 5.08. The lowest BCUT2D eigenvalue weighted by molar-refractivity contribution is -0.121. The van der Waals surface area contributed by atoms with Crippen molar-refractivity contribution in [3.8, 4) is 6.07 Å². The average Bonchev–Trinajstić information content (AvgIpc) is 3.02. The first-order valence-electron chi connectivity index (χ1n) is 11.2. The van der Waals surface area contributed by atoms with Gasteiger partial charge in [0.05, 0.1) is 17.1 Å². The average molecular weight is 487 g/mol. The quantitative estimate of drug-likeness (QED) is 0.329. The highest BCUT2D eigenvalue weighted by Gasteiger charge is 2.33. The SMILES string of the molecule is C=CCN1C(=O)/C(=C\c2c(C)c(C#N)c(=O)n(CCCC)c2N2CC(C)OC(C)C2)SC1=S. The number of thiocarbonyl (C=S) groups is 1. The van der Waals surface area contributed by atoms with Gasteiger partial charge in [-0.2, -0.15) is 5.26 Å². The predicted octanol–water partition coefficient (Wildman–Crippen LogP) is 3.83. The molecule has 1 aromatic heterocycles. The molecular formula is C24H30N4O3S2. The van der Waals surface area contributed by atoms with Gasteiger partial charge in [-0.3, -0.25) is 19.1 Å². The number of nitriles is 1. The molecule has 0 N–H and O–H groups in total. The van der Waals surface area contributed by atoms with E-state index in [0.29, 0.717) is 46.5 Å².